The fourth-order valence-corrected chi connectivity index (χ4v) is 3.55. The van der Waals surface area contributed by atoms with Gasteiger partial charge in [-0.15, -0.1) is 0 Å². The van der Waals surface area contributed by atoms with E-state index in [0.717, 1.165) is 23.6 Å². The van der Waals surface area contributed by atoms with Crippen molar-refractivity contribution in [1.29, 1.82) is 0 Å². The first-order valence-corrected chi connectivity index (χ1v) is 9.27. The normalized spacial score (nSPS) is 20.9. The smallest absolute Gasteiger partial charge is 0.159 e. The molecule has 0 unspecified atom stereocenters. The highest BCUT2D eigenvalue weighted by Gasteiger charge is 2.20. The van der Waals surface area contributed by atoms with Crippen molar-refractivity contribution in [2.24, 2.45) is 16.1 Å². The molecule has 1 aliphatic carbocycles. The Morgan fingerprint density at radius 1 is 0.846 bits per heavy atom. The van der Waals surface area contributed by atoms with E-state index in [0.29, 0.717) is 11.5 Å². The van der Waals surface area contributed by atoms with Crippen LogP contribution in [0.25, 0.3) is 0 Å². The molecule has 2 aromatic carbocycles. The van der Waals surface area contributed by atoms with Crippen molar-refractivity contribution in [1.82, 2.24) is 0 Å². The minimum atomic E-state index is -0.888. The van der Waals surface area contributed by atoms with Crippen molar-refractivity contribution in [3.63, 3.8) is 0 Å². The van der Waals surface area contributed by atoms with Gasteiger partial charge < -0.3 is 0 Å². The molecule has 1 aliphatic rings. The third-order valence-corrected chi connectivity index (χ3v) is 5.26. The summed E-state index contributed by atoms with van der Waals surface area (Å²) >= 11 is 0. The molecule has 0 aromatic heterocycles. The summed E-state index contributed by atoms with van der Waals surface area (Å²) in [6.45, 7) is 2.29. The average molecular weight is 354 g/mol. The van der Waals surface area contributed by atoms with E-state index in [4.69, 9.17) is 0 Å². The summed E-state index contributed by atoms with van der Waals surface area (Å²) in [7, 11) is 0. The van der Waals surface area contributed by atoms with E-state index in [-0.39, 0.29) is 0 Å². The molecule has 0 aliphatic heterocycles. The van der Waals surface area contributed by atoms with Crippen LogP contribution in [0.5, 0.6) is 0 Å². The molecule has 0 radical (unpaired) electrons. The second kappa shape index (κ2) is 8.84. The predicted molar refractivity (Wildman–Crippen MR) is 103 cm³/mol. The zero-order valence-corrected chi connectivity index (χ0v) is 15.0. The molecular weight excluding hydrogens is 330 g/mol. The Bertz CT molecular complexity index is 773. The van der Waals surface area contributed by atoms with Crippen LogP contribution in [0.3, 0.4) is 0 Å². The summed E-state index contributed by atoms with van der Waals surface area (Å²) in [4.78, 5) is 0. The number of nitrogens with zero attached hydrogens (tertiary/aromatic N) is 2. The maximum Gasteiger partial charge on any atom is 0.159 e. The van der Waals surface area contributed by atoms with E-state index >= 15 is 0 Å². The number of benzene rings is 2. The van der Waals surface area contributed by atoms with Gasteiger partial charge in [-0.2, -0.15) is 10.2 Å². The number of rotatable bonds is 5. The fraction of sp³-hybridized carbons (Fsp3) is 0.364. The van der Waals surface area contributed by atoms with Crippen LogP contribution in [-0.4, -0.2) is 12.4 Å². The molecule has 0 amide bonds. The standard InChI is InChI=1S/C22H24F2N2/c1-2-16-3-8-19(9-4-16)20-10-5-17(6-11-20)14-25-26-15-18-7-12-21(23)22(24)13-18/h5-7,10-16,19H,2-4,8-9H2,1H3/b25-14+,26-15+. The van der Waals surface area contributed by atoms with Crippen LogP contribution in [0.4, 0.5) is 8.78 Å². The molecule has 3 rings (SSSR count). The monoisotopic (exact) mass is 354 g/mol. The van der Waals surface area contributed by atoms with Crippen LogP contribution in [0.2, 0.25) is 0 Å². The molecule has 0 N–H and O–H groups in total. The van der Waals surface area contributed by atoms with Gasteiger partial charge in [-0.25, -0.2) is 8.78 Å². The first-order valence-electron chi connectivity index (χ1n) is 9.27. The van der Waals surface area contributed by atoms with Crippen LogP contribution in [0, 0.1) is 17.6 Å². The molecular formula is C22H24F2N2. The first kappa shape index (κ1) is 18.4. The van der Waals surface area contributed by atoms with E-state index in [1.807, 2.05) is 0 Å². The van der Waals surface area contributed by atoms with Crippen LogP contribution >= 0.6 is 0 Å². The second-order valence-electron chi connectivity index (χ2n) is 6.96. The molecule has 26 heavy (non-hydrogen) atoms. The van der Waals surface area contributed by atoms with E-state index in [1.54, 1.807) is 6.21 Å². The lowest BCUT2D eigenvalue weighted by Crippen LogP contribution is -2.12. The number of halogens is 2. The van der Waals surface area contributed by atoms with Crippen LogP contribution < -0.4 is 0 Å². The number of hydrogen-bond acceptors (Lipinski definition) is 2. The Morgan fingerprint density at radius 2 is 1.46 bits per heavy atom. The molecule has 2 aromatic rings. The molecule has 0 bridgehead atoms. The Morgan fingerprint density at radius 3 is 2.08 bits per heavy atom. The molecule has 2 nitrogen and oxygen atoms in total. The van der Waals surface area contributed by atoms with Gasteiger partial charge in [-0.1, -0.05) is 43.7 Å². The molecule has 0 atom stereocenters. The highest BCUT2D eigenvalue weighted by molar-refractivity contribution is 5.82. The minimum Gasteiger partial charge on any atom is -0.204 e. The average Bonchev–Trinajstić information content (AvgIpc) is 2.68. The molecule has 136 valence electrons. The lowest BCUT2D eigenvalue weighted by atomic mass is 9.78. The summed E-state index contributed by atoms with van der Waals surface area (Å²) in [6.07, 6.45) is 9.60. The van der Waals surface area contributed by atoms with Gasteiger partial charge >= 0.3 is 0 Å². The minimum absolute atomic E-state index is 0.471. The van der Waals surface area contributed by atoms with Crippen LogP contribution in [0.1, 0.15) is 61.6 Å². The van der Waals surface area contributed by atoms with Crippen molar-refractivity contribution in [3.8, 4) is 0 Å². The number of hydrogen-bond donors (Lipinski definition) is 0. The lowest BCUT2D eigenvalue weighted by molar-refractivity contribution is 0.319. The van der Waals surface area contributed by atoms with Gasteiger partial charge in [0.2, 0.25) is 0 Å². The Hall–Kier alpha value is -2.36. The van der Waals surface area contributed by atoms with Crippen molar-refractivity contribution in [3.05, 3.63) is 70.8 Å². The van der Waals surface area contributed by atoms with Gasteiger partial charge in [0, 0.05) is 0 Å². The summed E-state index contributed by atoms with van der Waals surface area (Å²) < 4.78 is 26.0. The predicted octanol–water partition coefficient (Wildman–Crippen LogP) is 6.10. The summed E-state index contributed by atoms with van der Waals surface area (Å²) in [5.41, 5.74) is 2.85. The van der Waals surface area contributed by atoms with Gasteiger partial charge in [0.25, 0.3) is 0 Å². The van der Waals surface area contributed by atoms with E-state index in [2.05, 4.69) is 41.4 Å². The molecule has 0 spiro atoms. The Kier molecular flexibility index (Phi) is 6.26. The Labute approximate surface area is 153 Å². The molecule has 4 heteroatoms. The van der Waals surface area contributed by atoms with Crippen LogP contribution in [0.15, 0.2) is 52.7 Å². The fourth-order valence-electron chi connectivity index (χ4n) is 3.55. The second-order valence-corrected chi connectivity index (χ2v) is 6.96. The van der Waals surface area contributed by atoms with Gasteiger partial charge in [0.05, 0.1) is 12.4 Å². The molecule has 1 saturated carbocycles. The van der Waals surface area contributed by atoms with Crippen molar-refractivity contribution < 1.29 is 8.78 Å². The quantitative estimate of drug-likeness (QED) is 0.458. The third kappa shape index (κ3) is 4.84. The van der Waals surface area contributed by atoms with Crippen molar-refractivity contribution in [2.75, 3.05) is 0 Å². The van der Waals surface area contributed by atoms with Crippen LogP contribution in [-0.2, 0) is 0 Å². The third-order valence-electron chi connectivity index (χ3n) is 5.26. The zero-order chi connectivity index (χ0) is 18.4. The molecule has 0 saturated heterocycles. The maximum absolute atomic E-state index is 13.1. The summed E-state index contributed by atoms with van der Waals surface area (Å²) in [5, 5.41) is 7.87. The van der Waals surface area contributed by atoms with E-state index in [9.17, 15) is 8.78 Å². The van der Waals surface area contributed by atoms with Crippen molar-refractivity contribution >= 4 is 12.4 Å². The highest BCUT2D eigenvalue weighted by Crippen LogP contribution is 2.36. The summed E-state index contributed by atoms with van der Waals surface area (Å²) in [5.74, 6) is -0.171. The molecule has 1 fully saturated rings. The first-order chi connectivity index (χ1) is 12.7. The van der Waals surface area contributed by atoms with E-state index in [1.165, 1.54) is 49.9 Å². The van der Waals surface area contributed by atoms with Gasteiger partial charge in [0.15, 0.2) is 11.6 Å². The summed E-state index contributed by atoms with van der Waals surface area (Å²) in [6, 6.07) is 12.1. The molecule has 0 heterocycles. The van der Waals surface area contributed by atoms with E-state index < -0.39 is 11.6 Å². The maximum atomic E-state index is 13.1. The SMILES string of the molecule is CCC1CCC(c2ccc(/C=N/N=C/c3ccc(F)c(F)c3)cc2)CC1. The van der Waals surface area contributed by atoms with Gasteiger partial charge in [0.1, 0.15) is 0 Å². The van der Waals surface area contributed by atoms with Gasteiger partial charge in [-0.3, -0.25) is 0 Å². The topological polar surface area (TPSA) is 24.7 Å². The lowest BCUT2D eigenvalue weighted by Gasteiger charge is -2.28. The van der Waals surface area contributed by atoms with Crippen molar-refractivity contribution in [2.45, 2.75) is 44.9 Å². The Balaban J connectivity index is 1.56. The van der Waals surface area contributed by atoms with Gasteiger partial charge in [-0.05, 0) is 66.3 Å². The highest BCUT2D eigenvalue weighted by atomic mass is 19.2. The zero-order valence-electron chi connectivity index (χ0n) is 15.0. The largest absolute Gasteiger partial charge is 0.204 e.